The van der Waals surface area contributed by atoms with Crippen molar-refractivity contribution in [3.63, 3.8) is 0 Å². The fraction of sp³-hybridized carbons (Fsp3) is 0.571. The van der Waals surface area contributed by atoms with Crippen molar-refractivity contribution >= 4 is 0 Å². The minimum atomic E-state index is 0.689. The molecule has 0 aromatic heterocycles. The molecule has 0 heteroatoms. The normalized spacial score (nSPS) is 14.4. The molecule has 0 unspecified atom stereocenters. The molecule has 0 heterocycles. The molecule has 0 aliphatic heterocycles. The van der Waals surface area contributed by atoms with E-state index in [2.05, 4.69) is 45.1 Å². The minimum absolute atomic E-state index is 0.689. The summed E-state index contributed by atoms with van der Waals surface area (Å²) in [6.45, 7) is 6.86. The van der Waals surface area contributed by atoms with Crippen LogP contribution in [0.15, 0.2) is 35.5 Å². The molecule has 0 aromatic carbocycles. The summed E-state index contributed by atoms with van der Waals surface area (Å²) in [7, 11) is 0. The van der Waals surface area contributed by atoms with Gasteiger partial charge in [0.2, 0.25) is 0 Å². The van der Waals surface area contributed by atoms with E-state index in [1.807, 2.05) is 0 Å². The van der Waals surface area contributed by atoms with Crippen LogP contribution in [0.2, 0.25) is 0 Å². The van der Waals surface area contributed by atoms with Gasteiger partial charge in [-0.05, 0) is 24.3 Å². The van der Waals surface area contributed by atoms with Crippen molar-refractivity contribution in [2.24, 2.45) is 5.92 Å². The monoisotopic (exact) mass is 190 g/mol. The molecule has 0 radical (unpaired) electrons. The molecule has 1 aliphatic rings. The minimum Gasteiger partial charge on any atom is -0.0654 e. The van der Waals surface area contributed by atoms with E-state index in [1.165, 1.54) is 31.3 Å². The highest BCUT2D eigenvalue weighted by Crippen LogP contribution is 2.25. The quantitative estimate of drug-likeness (QED) is 0.554. The third-order valence-corrected chi connectivity index (χ3v) is 2.78. The average molecular weight is 190 g/mol. The van der Waals surface area contributed by atoms with Crippen molar-refractivity contribution in [3.05, 3.63) is 35.5 Å². The Morgan fingerprint density at radius 3 is 2.29 bits per heavy atom. The Morgan fingerprint density at radius 1 is 1.14 bits per heavy atom. The standard InChI is InChI=1S/C14H22/c1-4-5-6-11-14(12(2)3)13-9-7-8-10-13/h7-10,12H,4-6,11H2,1-3H3. The number of hydrogen-bond acceptors (Lipinski definition) is 0. The van der Waals surface area contributed by atoms with Crippen LogP contribution in [0.4, 0.5) is 0 Å². The maximum Gasteiger partial charge on any atom is -0.0251 e. The third-order valence-electron chi connectivity index (χ3n) is 2.78. The molecule has 14 heavy (non-hydrogen) atoms. The molecule has 0 N–H and O–H groups in total. The van der Waals surface area contributed by atoms with Gasteiger partial charge in [0.1, 0.15) is 0 Å². The Balaban J connectivity index is 2.60. The third kappa shape index (κ3) is 3.17. The van der Waals surface area contributed by atoms with Crippen molar-refractivity contribution in [1.29, 1.82) is 0 Å². The highest BCUT2D eigenvalue weighted by atomic mass is 14.1. The first kappa shape index (κ1) is 11.3. The summed E-state index contributed by atoms with van der Waals surface area (Å²) in [5, 5.41) is 0. The second-order valence-electron chi connectivity index (χ2n) is 4.31. The van der Waals surface area contributed by atoms with Gasteiger partial charge in [0.25, 0.3) is 0 Å². The predicted octanol–water partition coefficient (Wildman–Crippen LogP) is 4.65. The summed E-state index contributed by atoms with van der Waals surface area (Å²) in [6, 6.07) is 0. The van der Waals surface area contributed by atoms with Gasteiger partial charge < -0.3 is 0 Å². The van der Waals surface area contributed by atoms with Gasteiger partial charge in [0.15, 0.2) is 0 Å². The molecular weight excluding hydrogens is 168 g/mol. The molecule has 0 saturated heterocycles. The van der Waals surface area contributed by atoms with E-state index in [0.717, 1.165) is 0 Å². The highest BCUT2D eigenvalue weighted by molar-refractivity contribution is 5.43. The van der Waals surface area contributed by atoms with Crippen LogP contribution in [0.3, 0.4) is 0 Å². The van der Waals surface area contributed by atoms with E-state index >= 15 is 0 Å². The number of allylic oxidation sites excluding steroid dienone is 6. The number of rotatable bonds is 5. The molecule has 78 valence electrons. The van der Waals surface area contributed by atoms with E-state index in [-0.39, 0.29) is 0 Å². The van der Waals surface area contributed by atoms with Crippen LogP contribution < -0.4 is 0 Å². The first-order chi connectivity index (χ1) is 6.75. The van der Waals surface area contributed by atoms with Gasteiger partial charge in [-0.3, -0.25) is 0 Å². The summed E-state index contributed by atoms with van der Waals surface area (Å²) >= 11 is 0. The van der Waals surface area contributed by atoms with Crippen molar-refractivity contribution in [3.8, 4) is 0 Å². The smallest absolute Gasteiger partial charge is 0.0251 e. The van der Waals surface area contributed by atoms with E-state index in [1.54, 1.807) is 5.57 Å². The molecule has 1 rings (SSSR count). The lowest BCUT2D eigenvalue weighted by atomic mass is 9.92. The molecule has 0 saturated carbocycles. The van der Waals surface area contributed by atoms with E-state index < -0.39 is 0 Å². The zero-order chi connectivity index (χ0) is 10.4. The summed E-state index contributed by atoms with van der Waals surface area (Å²) in [5.74, 6) is 0.689. The zero-order valence-electron chi connectivity index (χ0n) is 9.72. The van der Waals surface area contributed by atoms with Crippen molar-refractivity contribution in [2.45, 2.75) is 46.5 Å². The Bertz CT molecular complexity index is 237. The van der Waals surface area contributed by atoms with Gasteiger partial charge in [0.05, 0.1) is 0 Å². The maximum atomic E-state index is 2.30. The van der Waals surface area contributed by atoms with Gasteiger partial charge >= 0.3 is 0 Å². The SMILES string of the molecule is CCCCCC(=C1C=CC=C1)C(C)C. The van der Waals surface area contributed by atoms with Crippen LogP contribution in [0, 0.1) is 5.92 Å². The highest BCUT2D eigenvalue weighted by Gasteiger charge is 2.08. The molecule has 0 atom stereocenters. The average Bonchev–Trinajstić information content (AvgIpc) is 2.64. The first-order valence-electron chi connectivity index (χ1n) is 5.83. The maximum absolute atomic E-state index is 2.30. The summed E-state index contributed by atoms with van der Waals surface area (Å²) < 4.78 is 0. The number of unbranched alkanes of at least 4 members (excludes halogenated alkanes) is 2. The van der Waals surface area contributed by atoms with Crippen LogP contribution in [-0.2, 0) is 0 Å². The van der Waals surface area contributed by atoms with E-state index in [0.29, 0.717) is 5.92 Å². The van der Waals surface area contributed by atoms with Gasteiger partial charge in [-0.1, -0.05) is 63.5 Å². The Kier molecular flexibility index (Phi) is 4.72. The van der Waals surface area contributed by atoms with Gasteiger partial charge in [-0.25, -0.2) is 0 Å². The van der Waals surface area contributed by atoms with Crippen LogP contribution in [-0.4, -0.2) is 0 Å². The summed E-state index contributed by atoms with van der Waals surface area (Å²) in [5.41, 5.74) is 3.08. The van der Waals surface area contributed by atoms with E-state index in [4.69, 9.17) is 0 Å². The van der Waals surface area contributed by atoms with Crippen LogP contribution in [0.5, 0.6) is 0 Å². The van der Waals surface area contributed by atoms with Gasteiger partial charge in [-0.15, -0.1) is 0 Å². The molecule has 0 spiro atoms. The molecule has 1 aliphatic carbocycles. The van der Waals surface area contributed by atoms with Crippen LogP contribution in [0.25, 0.3) is 0 Å². The van der Waals surface area contributed by atoms with Crippen LogP contribution >= 0.6 is 0 Å². The molecule has 0 aromatic rings. The fourth-order valence-corrected chi connectivity index (χ4v) is 1.92. The van der Waals surface area contributed by atoms with Crippen molar-refractivity contribution in [2.75, 3.05) is 0 Å². The Morgan fingerprint density at radius 2 is 1.79 bits per heavy atom. The number of hydrogen-bond donors (Lipinski definition) is 0. The van der Waals surface area contributed by atoms with Crippen molar-refractivity contribution in [1.82, 2.24) is 0 Å². The Hall–Kier alpha value is -0.780. The second kappa shape index (κ2) is 5.85. The topological polar surface area (TPSA) is 0 Å². The second-order valence-corrected chi connectivity index (χ2v) is 4.31. The summed E-state index contributed by atoms with van der Waals surface area (Å²) in [4.78, 5) is 0. The van der Waals surface area contributed by atoms with Crippen LogP contribution in [0.1, 0.15) is 46.5 Å². The molecule has 0 bridgehead atoms. The van der Waals surface area contributed by atoms with Gasteiger partial charge in [0, 0.05) is 0 Å². The molecule has 0 fully saturated rings. The lowest BCUT2D eigenvalue weighted by Gasteiger charge is -2.13. The summed E-state index contributed by atoms with van der Waals surface area (Å²) in [6.07, 6.45) is 14.0. The van der Waals surface area contributed by atoms with Crippen molar-refractivity contribution < 1.29 is 0 Å². The molecular formula is C14H22. The zero-order valence-corrected chi connectivity index (χ0v) is 9.72. The predicted molar refractivity (Wildman–Crippen MR) is 64.3 cm³/mol. The van der Waals surface area contributed by atoms with E-state index in [9.17, 15) is 0 Å². The molecule has 0 amide bonds. The van der Waals surface area contributed by atoms with Gasteiger partial charge in [-0.2, -0.15) is 0 Å². The fourth-order valence-electron chi connectivity index (χ4n) is 1.92. The first-order valence-corrected chi connectivity index (χ1v) is 5.83. The lowest BCUT2D eigenvalue weighted by Crippen LogP contribution is -1.97. The molecule has 0 nitrogen and oxygen atoms in total. The Labute approximate surface area is 88.4 Å². The largest absolute Gasteiger partial charge is 0.0654 e. The lowest BCUT2D eigenvalue weighted by molar-refractivity contribution is 0.645.